The van der Waals surface area contributed by atoms with E-state index in [9.17, 15) is 0 Å². The van der Waals surface area contributed by atoms with E-state index in [-0.39, 0.29) is 17.0 Å². The van der Waals surface area contributed by atoms with E-state index >= 15 is 0 Å². The van der Waals surface area contributed by atoms with Crippen LogP contribution in [0, 0.1) is 0 Å². The fourth-order valence-corrected chi connectivity index (χ4v) is 11.6. The number of nitrogens with one attached hydrogen (secondary N) is 1. The monoisotopic (exact) mass is 588 g/mol. The zero-order valence-corrected chi connectivity index (χ0v) is 27.4. The molecule has 1 atom stereocenters. The van der Waals surface area contributed by atoms with Gasteiger partial charge in [0.05, 0.1) is 25.9 Å². The van der Waals surface area contributed by atoms with E-state index < -0.39 is 7.41 Å². The summed E-state index contributed by atoms with van der Waals surface area (Å²) in [5.74, 6) is 0. The van der Waals surface area contributed by atoms with Gasteiger partial charge < -0.3 is 0 Å². The summed E-state index contributed by atoms with van der Waals surface area (Å²) >= 11 is 0. The van der Waals surface area contributed by atoms with Gasteiger partial charge in [0.25, 0.3) is 0 Å². The number of hydrogen-bond acceptors (Lipinski definition) is 1. The van der Waals surface area contributed by atoms with Crippen LogP contribution in [0.1, 0.15) is 142 Å². The number of halogens is 1. The van der Waals surface area contributed by atoms with Crippen LogP contribution in [0.3, 0.4) is 0 Å². The van der Waals surface area contributed by atoms with Gasteiger partial charge in [0.15, 0.2) is 0 Å². The normalized spacial score (nSPS) is 11.9. The highest BCUT2D eigenvalue weighted by Gasteiger charge is 2.35. The van der Waals surface area contributed by atoms with E-state index in [0.29, 0.717) is 0 Å². The molecule has 0 amide bonds. The van der Waals surface area contributed by atoms with E-state index in [4.69, 9.17) is 0 Å². The predicted octanol–water partition coefficient (Wildman–Crippen LogP) is 12.0. The summed E-state index contributed by atoms with van der Waals surface area (Å²) in [4.78, 5) is 4.33. The van der Waals surface area contributed by atoms with Crippen molar-refractivity contribution in [3.63, 3.8) is 0 Å². The first-order valence-corrected chi connectivity index (χ1v) is 18.7. The molecule has 0 bridgehead atoms. The topological polar surface area (TPSA) is 12.0 Å². The molecule has 1 N–H and O–H groups in total. The number of rotatable bonds is 25. The lowest BCUT2D eigenvalue weighted by atomic mass is 10.1. The van der Waals surface area contributed by atoms with E-state index in [1.807, 2.05) is 0 Å². The van der Waals surface area contributed by atoms with Crippen LogP contribution in [-0.4, -0.2) is 18.5 Å². The smallest absolute Gasteiger partial charge is 0.0838 e. The van der Waals surface area contributed by atoms with E-state index in [1.54, 1.807) is 0 Å². The Morgan fingerprint density at radius 3 is 1.31 bits per heavy atom. The lowest BCUT2D eigenvalue weighted by Crippen LogP contribution is -2.19. The Kier molecular flexibility index (Phi) is 26.5. The largest absolute Gasteiger partial charge is 0.175 e. The van der Waals surface area contributed by atoms with Crippen molar-refractivity contribution >= 4 is 33.1 Å². The first-order chi connectivity index (χ1) is 16.8. The molecular formula is C31H61BrNP2+. The molecule has 0 saturated heterocycles. The standard InChI is InChI=1S/C31H60NP2.BrH/c1-4-7-10-13-16-22-27-34(28-23-17-14-11-8-5-2,29-24-18-15-12-9-6-3)32-33-30-31-25-20-19-21-26-31;/h19-21,25-26,32-33H,4-18,22-24,27-30H2,1-3H3;1H/q+1;. The van der Waals surface area contributed by atoms with Gasteiger partial charge in [-0.3, -0.25) is 0 Å². The second-order valence-corrected chi connectivity index (χ2v) is 15.8. The van der Waals surface area contributed by atoms with Crippen molar-refractivity contribution < 1.29 is 0 Å². The molecule has 0 spiro atoms. The average molecular weight is 590 g/mol. The van der Waals surface area contributed by atoms with Crippen LogP contribution in [0.4, 0.5) is 0 Å². The molecule has 35 heavy (non-hydrogen) atoms. The third-order valence-corrected chi connectivity index (χ3v) is 13.9. The first kappa shape index (κ1) is 35.5. The number of benzene rings is 1. The van der Waals surface area contributed by atoms with Crippen molar-refractivity contribution in [3.8, 4) is 0 Å². The highest BCUT2D eigenvalue weighted by molar-refractivity contribution is 8.93. The molecule has 0 aliphatic carbocycles. The summed E-state index contributed by atoms with van der Waals surface area (Å²) in [5, 5.41) is 0. The molecule has 1 aromatic carbocycles. The lowest BCUT2D eigenvalue weighted by Gasteiger charge is -2.29. The quantitative estimate of drug-likeness (QED) is 0.0884. The van der Waals surface area contributed by atoms with Crippen molar-refractivity contribution in [2.75, 3.05) is 18.5 Å². The summed E-state index contributed by atoms with van der Waals surface area (Å²) in [6, 6.07) is 11.2. The van der Waals surface area contributed by atoms with Gasteiger partial charge in [-0.15, -0.1) is 17.0 Å². The lowest BCUT2D eigenvalue weighted by molar-refractivity contribution is 0.615. The van der Waals surface area contributed by atoms with Crippen LogP contribution in [0.15, 0.2) is 30.3 Å². The Labute approximate surface area is 234 Å². The van der Waals surface area contributed by atoms with Crippen LogP contribution in [0.25, 0.3) is 0 Å². The average Bonchev–Trinajstić information content (AvgIpc) is 2.86. The molecule has 0 fully saturated rings. The van der Waals surface area contributed by atoms with E-state index in [0.717, 1.165) is 8.73 Å². The molecule has 0 heterocycles. The van der Waals surface area contributed by atoms with E-state index in [1.165, 1.54) is 146 Å². The fourth-order valence-electron chi connectivity index (χ4n) is 4.99. The summed E-state index contributed by atoms with van der Waals surface area (Å²) in [6.07, 6.45) is 31.5. The Morgan fingerprint density at radius 1 is 0.543 bits per heavy atom. The second-order valence-electron chi connectivity index (χ2n) is 10.6. The molecule has 0 radical (unpaired) electrons. The molecule has 0 saturated carbocycles. The molecule has 1 rings (SSSR count). The SMILES string of the molecule is Br.CCCCCCCC[P+](CCCCCCCC)(CCCCCCCC)NPCc1ccccc1. The summed E-state index contributed by atoms with van der Waals surface area (Å²) in [7, 11) is -0.141. The number of unbranched alkanes of at least 4 members (excludes halogenated alkanes) is 15. The minimum absolute atomic E-state index is 0. The Morgan fingerprint density at radius 2 is 0.914 bits per heavy atom. The third kappa shape index (κ3) is 20.2. The molecule has 1 aromatic rings. The van der Waals surface area contributed by atoms with Gasteiger partial charge >= 0.3 is 0 Å². The molecule has 1 unspecified atom stereocenters. The minimum atomic E-state index is -1.04. The Bertz CT molecular complexity index is 499. The Balaban J connectivity index is 0.0000116. The molecule has 0 aliphatic rings. The highest BCUT2D eigenvalue weighted by Crippen LogP contribution is 2.59. The van der Waals surface area contributed by atoms with Crippen molar-refractivity contribution in [2.24, 2.45) is 0 Å². The van der Waals surface area contributed by atoms with Gasteiger partial charge in [-0.25, -0.2) is 0 Å². The van der Waals surface area contributed by atoms with Crippen LogP contribution in [-0.2, 0) is 6.16 Å². The van der Waals surface area contributed by atoms with Gasteiger partial charge in [0, 0.05) is 6.16 Å². The minimum Gasteiger partial charge on any atom is -0.175 e. The van der Waals surface area contributed by atoms with E-state index in [2.05, 4.69) is 56.0 Å². The summed E-state index contributed by atoms with van der Waals surface area (Å²) in [6.45, 7) is 6.99. The third-order valence-electron chi connectivity index (χ3n) is 7.27. The number of hydrogen-bond donors (Lipinski definition) is 1. The Hall–Kier alpha value is 0.520. The van der Waals surface area contributed by atoms with Crippen molar-refractivity contribution in [2.45, 2.75) is 143 Å². The van der Waals surface area contributed by atoms with Crippen molar-refractivity contribution in [1.29, 1.82) is 0 Å². The zero-order valence-electron chi connectivity index (χ0n) is 23.8. The molecule has 0 aromatic heterocycles. The van der Waals surface area contributed by atoms with Crippen molar-refractivity contribution in [1.82, 2.24) is 4.86 Å². The van der Waals surface area contributed by atoms with Gasteiger partial charge in [0.2, 0.25) is 0 Å². The zero-order chi connectivity index (χ0) is 24.6. The molecule has 0 aliphatic heterocycles. The van der Waals surface area contributed by atoms with Crippen LogP contribution in [0.5, 0.6) is 0 Å². The molecule has 1 nitrogen and oxygen atoms in total. The summed E-state index contributed by atoms with van der Waals surface area (Å²) in [5.41, 5.74) is 1.50. The second kappa shape index (κ2) is 26.1. The maximum atomic E-state index is 4.33. The maximum absolute atomic E-state index is 4.33. The van der Waals surface area contributed by atoms with Gasteiger partial charge in [-0.1, -0.05) is 128 Å². The van der Waals surface area contributed by atoms with Gasteiger partial charge in [-0.2, -0.15) is 4.86 Å². The van der Waals surface area contributed by atoms with Gasteiger partial charge in [0.1, 0.15) is 0 Å². The summed E-state index contributed by atoms with van der Waals surface area (Å²) < 4.78 is 0. The van der Waals surface area contributed by atoms with Gasteiger partial charge in [-0.05, 0) is 52.8 Å². The van der Waals surface area contributed by atoms with Crippen LogP contribution >= 0.6 is 33.1 Å². The molecule has 206 valence electrons. The molecular weight excluding hydrogens is 528 g/mol. The fraction of sp³-hybridized carbons (Fsp3) is 0.806. The van der Waals surface area contributed by atoms with Crippen LogP contribution < -0.4 is 4.86 Å². The van der Waals surface area contributed by atoms with Crippen LogP contribution in [0.2, 0.25) is 0 Å². The maximum Gasteiger partial charge on any atom is 0.0838 e. The predicted molar refractivity (Wildman–Crippen MR) is 174 cm³/mol. The molecule has 4 heteroatoms. The highest BCUT2D eigenvalue weighted by atomic mass is 79.9. The first-order valence-electron chi connectivity index (χ1n) is 15.2. The van der Waals surface area contributed by atoms with Crippen molar-refractivity contribution in [3.05, 3.63) is 35.9 Å².